The molecule has 7 nitrogen and oxygen atoms in total. The second-order valence-electron chi connectivity index (χ2n) is 8.16. The van der Waals surface area contributed by atoms with Crippen LogP contribution in [0.15, 0.2) is 27.8 Å². The van der Waals surface area contributed by atoms with Crippen molar-refractivity contribution in [2.24, 2.45) is 0 Å². The summed E-state index contributed by atoms with van der Waals surface area (Å²) in [4.78, 5) is 25.4. The van der Waals surface area contributed by atoms with Gasteiger partial charge >= 0.3 is 0 Å². The van der Waals surface area contributed by atoms with E-state index in [0.29, 0.717) is 24.1 Å². The molecule has 1 fully saturated rings. The molecule has 1 aliphatic rings. The minimum Gasteiger partial charge on any atom is -0.455 e. The molecule has 3 rings (SSSR count). The maximum absolute atomic E-state index is 12.2. The Morgan fingerprint density at radius 3 is 2.90 bits per heavy atom. The van der Waals surface area contributed by atoms with Crippen LogP contribution in [0.2, 0.25) is 0 Å². The highest BCUT2D eigenvalue weighted by Gasteiger charge is 2.21. The molecule has 1 amide bonds. The third kappa shape index (κ3) is 6.22. The molecular weight excluding hydrogens is 398 g/mol. The van der Waals surface area contributed by atoms with E-state index in [1.165, 1.54) is 24.2 Å². The van der Waals surface area contributed by atoms with Gasteiger partial charge in [0.05, 0.1) is 32.9 Å². The highest BCUT2D eigenvalue weighted by molar-refractivity contribution is 7.98. The quantitative estimate of drug-likeness (QED) is 0.467. The average molecular weight is 433 g/mol. The molecule has 0 aliphatic carbocycles. The number of hydrogen-bond acceptors (Lipinski definition) is 6. The lowest BCUT2D eigenvalue weighted by molar-refractivity contribution is -0.856. The van der Waals surface area contributed by atoms with Gasteiger partial charge in [0.2, 0.25) is 0 Å². The summed E-state index contributed by atoms with van der Waals surface area (Å²) in [6.07, 6.45) is 4.59. The zero-order valence-electron chi connectivity index (χ0n) is 18.5. The van der Waals surface area contributed by atoms with E-state index >= 15 is 0 Å². The minimum absolute atomic E-state index is 0.168. The van der Waals surface area contributed by atoms with Crippen molar-refractivity contribution < 1.29 is 14.1 Å². The third-order valence-electron chi connectivity index (χ3n) is 5.34. The van der Waals surface area contributed by atoms with Crippen LogP contribution in [-0.2, 0) is 12.2 Å². The molecule has 0 aromatic carbocycles. The molecule has 8 heteroatoms. The lowest BCUT2D eigenvalue weighted by Crippen LogP contribution is -3.06. The number of aromatic nitrogens is 2. The molecule has 164 valence electrons. The number of quaternary nitrogens is 1. The molecule has 1 atom stereocenters. The van der Waals surface area contributed by atoms with E-state index < -0.39 is 0 Å². The molecule has 0 unspecified atom stereocenters. The molecule has 0 spiro atoms. The largest absolute Gasteiger partial charge is 0.455 e. The van der Waals surface area contributed by atoms with Gasteiger partial charge in [-0.3, -0.25) is 4.79 Å². The number of anilines is 1. The summed E-state index contributed by atoms with van der Waals surface area (Å²) in [6, 6.07) is 6.22. The Hall–Kier alpha value is -2.06. The second kappa shape index (κ2) is 10.8. The maximum atomic E-state index is 12.2. The number of nitrogens with zero attached hydrogens (tertiary/aromatic N) is 3. The zero-order valence-corrected chi connectivity index (χ0v) is 19.3. The predicted octanol–water partition coefficient (Wildman–Crippen LogP) is 2.18. The fraction of sp³-hybridized carbons (Fsp3) is 0.591. The molecular formula is C22H34N5O2S+. The number of piperidine rings is 1. The summed E-state index contributed by atoms with van der Waals surface area (Å²) in [6.45, 7) is 6.95. The summed E-state index contributed by atoms with van der Waals surface area (Å²) < 4.78 is 5.74. The van der Waals surface area contributed by atoms with Crippen LogP contribution >= 0.6 is 11.8 Å². The lowest BCUT2D eigenvalue weighted by atomic mass is 10.0. The molecule has 0 radical (unpaired) electrons. The molecule has 1 aliphatic heterocycles. The van der Waals surface area contributed by atoms with Crippen LogP contribution < -0.4 is 15.1 Å². The van der Waals surface area contributed by atoms with E-state index in [2.05, 4.69) is 49.2 Å². The topological polar surface area (TPSA) is 75.7 Å². The van der Waals surface area contributed by atoms with Gasteiger partial charge in [-0.25, -0.2) is 9.97 Å². The summed E-state index contributed by atoms with van der Waals surface area (Å²) >= 11 is 1.55. The number of furan rings is 1. The van der Waals surface area contributed by atoms with E-state index in [4.69, 9.17) is 9.40 Å². The highest BCUT2D eigenvalue weighted by atomic mass is 32.2. The first-order valence-electron chi connectivity index (χ1n) is 10.9. The number of amides is 1. The third-order valence-corrected chi connectivity index (χ3v) is 6.21. The summed E-state index contributed by atoms with van der Waals surface area (Å²) in [5, 5.41) is 3.65. The SMILES string of the molecule is CCc1cc(N2CCCC[C@@H]2C)nc(SCc2ccc(C(=O)NCC[NH+](C)C)o2)n1. The monoisotopic (exact) mass is 432 g/mol. The molecule has 2 N–H and O–H groups in total. The standard InChI is InChI=1S/C22H33N5O2S/c1-5-17-14-20(27-12-7-6-8-16(27)2)25-22(24-17)30-15-18-9-10-19(29-18)21(28)23-11-13-26(3)4/h9-10,14,16H,5-8,11-13,15H2,1-4H3,(H,23,28)/p+1/t16-/m0/s1. The van der Waals surface area contributed by atoms with Crippen molar-refractivity contribution in [1.82, 2.24) is 15.3 Å². The van der Waals surface area contributed by atoms with Gasteiger partial charge in [-0.15, -0.1) is 0 Å². The fourth-order valence-electron chi connectivity index (χ4n) is 3.52. The number of carbonyl (C=O) groups excluding carboxylic acids is 1. The first kappa shape index (κ1) is 22.6. The van der Waals surface area contributed by atoms with Crippen LogP contribution in [0.3, 0.4) is 0 Å². The van der Waals surface area contributed by atoms with Gasteiger partial charge in [-0.1, -0.05) is 18.7 Å². The van der Waals surface area contributed by atoms with Crippen LogP contribution in [0.1, 0.15) is 55.1 Å². The first-order valence-corrected chi connectivity index (χ1v) is 11.9. The van der Waals surface area contributed by atoms with Crippen LogP contribution in [0.4, 0.5) is 5.82 Å². The number of aryl methyl sites for hydroxylation is 1. The van der Waals surface area contributed by atoms with Crippen LogP contribution in [-0.4, -0.2) is 55.6 Å². The van der Waals surface area contributed by atoms with Crippen molar-refractivity contribution >= 4 is 23.5 Å². The van der Waals surface area contributed by atoms with Gasteiger partial charge in [-0.2, -0.15) is 0 Å². The lowest BCUT2D eigenvalue weighted by Gasteiger charge is -2.34. The van der Waals surface area contributed by atoms with Crippen molar-refractivity contribution in [2.45, 2.75) is 56.5 Å². The van der Waals surface area contributed by atoms with E-state index in [0.717, 1.165) is 41.9 Å². The number of hydrogen-bond donors (Lipinski definition) is 2. The normalized spacial score (nSPS) is 16.8. The van der Waals surface area contributed by atoms with Gasteiger partial charge in [0.1, 0.15) is 11.6 Å². The Morgan fingerprint density at radius 2 is 2.17 bits per heavy atom. The Labute approximate surface area is 183 Å². The number of likely N-dealkylation sites (N-methyl/N-ethyl adjacent to an activating group) is 1. The first-order chi connectivity index (χ1) is 14.5. The van der Waals surface area contributed by atoms with Crippen LogP contribution in [0.5, 0.6) is 0 Å². The Kier molecular flexibility index (Phi) is 8.16. The number of nitrogens with one attached hydrogen (secondary N) is 2. The van der Waals surface area contributed by atoms with Crippen molar-refractivity contribution in [1.29, 1.82) is 0 Å². The summed E-state index contributed by atoms with van der Waals surface area (Å²) in [7, 11) is 4.11. The highest BCUT2D eigenvalue weighted by Crippen LogP contribution is 2.27. The summed E-state index contributed by atoms with van der Waals surface area (Å²) in [5.74, 6) is 2.56. The molecule has 3 heterocycles. The van der Waals surface area contributed by atoms with E-state index in [1.807, 2.05) is 6.07 Å². The fourth-order valence-corrected chi connectivity index (χ4v) is 4.28. The number of rotatable bonds is 9. The molecule has 0 bridgehead atoms. The Balaban J connectivity index is 1.62. The number of carbonyl (C=O) groups is 1. The molecule has 2 aromatic rings. The predicted molar refractivity (Wildman–Crippen MR) is 120 cm³/mol. The maximum Gasteiger partial charge on any atom is 0.287 e. The van der Waals surface area contributed by atoms with Gasteiger partial charge in [0, 0.05) is 24.3 Å². The van der Waals surface area contributed by atoms with E-state index in [9.17, 15) is 4.79 Å². The molecule has 1 saturated heterocycles. The zero-order chi connectivity index (χ0) is 21.5. The Bertz CT molecular complexity index is 839. The molecule has 2 aromatic heterocycles. The average Bonchev–Trinajstić information content (AvgIpc) is 3.21. The van der Waals surface area contributed by atoms with E-state index in [1.54, 1.807) is 17.8 Å². The van der Waals surface area contributed by atoms with Gasteiger partial charge in [0.15, 0.2) is 10.9 Å². The van der Waals surface area contributed by atoms with Crippen molar-refractivity contribution in [3.8, 4) is 0 Å². The van der Waals surface area contributed by atoms with Crippen LogP contribution in [0.25, 0.3) is 0 Å². The second-order valence-corrected chi connectivity index (χ2v) is 9.10. The van der Waals surface area contributed by atoms with Crippen molar-refractivity contribution in [3.05, 3.63) is 35.4 Å². The van der Waals surface area contributed by atoms with Crippen molar-refractivity contribution in [3.63, 3.8) is 0 Å². The molecule has 0 saturated carbocycles. The smallest absolute Gasteiger partial charge is 0.287 e. The van der Waals surface area contributed by atoms with Gasteiger partial charge in [-0.05, 0) is 44.7 Å². The summed E-state index contributed by atoms with van der Waals surface area (Å²) in [5.41, 5.74) is 1.06. The minimum atomic E-state index is -0.168. The molecule has 30 heavy (non-hydrogen) atoms. The van der Waals surface area contributed by atoms with Crippen LogP contribution in [0, 0.1) is 0 Å². The number of thioether (sulfide) groups is 1. The van der Waals surface area contributed by atoms with Gasteiger partial charge < -0.3 is 19.5 Å². The van der Waals surface area contributed by atoms with E-state index in [-0.39, 0.29) is 5.91 Å². The van der Waals surface area contributed by atoms with Gasteiger partial charge in [0.25, 0.3) is 5.91 Å². The Morgan fingerprint density at radius 1 is 1.33 bits per heavy atom. The van der Waals surface area contributed by atoms with Crippen molar-refractivity contribution in [2.75, 3.05) is 38.6 Å².